The van der Waals surface area contributed by atoms with Crippen LogP contribution in [-0.2, 0) is 19.4 Å². The maximum absolute atomic E-state index is 12.9. The second kappa shape index (κ2) is 6.08. The molecule has 1 aliphatic carbocycles. The molecule has 7 heteroatoms. The Bertz CT molecular complexity index is 672. The number of aliphatic carboxylic acids is 1. The number of carbonyl (C=O) groups is 2. The van der Waals surface area contributed by atoms with Crippen molar-refractivity contribution in [3.8, 4) is 0 Å². The molecule has 1 aromatic carbocycles. The number of sulfone groups is 1. The second-order valence-corrected chi connectivity index (χ2v) is 7.85. The Morgan fingerprint density at radius 2 is 1.73 bits per heavy atom. The van der Waals surface area contributed by atoms with E-state index in [0.717, 1.165) is 5.56 Å². The molecule has 0 unspecified atom stereocenters. The highest BCUT2D eigenvalue weighted by atomic mass is 32.2. The van der Waals surface area contributed by atoms with E-state index in [-0.39, 0.29) is 17.7 Å². The fourth-order valence-corrected chi connectivity index (χ4v) is 4.91. The van der Waals surface area contributed by atoms with Gasteiger partial charge in [0.15, 0.2) is 14.6 Å². The Kier molecular flexibility index (Phi) is 4.55. The molecule has 0 aliphatic heterocycles. The predicted octanol–water partition coefficient (Wildman–Crippen LogP) is 1.28. The Morgan fingerprint density at radius 1 is 1.18 bits per heavy atom. The molecule has 1 aliphatic rings. The third-order valence-electron chi connectivity index (χ3n) is 4.07. The SMILES string of the molecule is Cc1ccc(S(=O)(=O)C2(C(=O)NCC(=O)O)CCCC2)cc1. The van der Waals surface area contributed by atoms with Crippen molar-refractivity contribution in [2.75, 3.05) is 6.54 Å². The zero-order valence-corrected chi connectivity index (χ0v) is 13.1. The number of hydrogen-bond donors (Lipinski definition) is 2. The summed E-state index contributed by atoms with van der Waals surface area (Å²) in [5, 5.41) is 10.9. The van der Waals surface area contributed by atoms with Gasteiger partial charge in [-0.2, -0.15) is 0 Å². The first kappa shape index (κ1) is 16.5. The molecule has 0 radical (unpaired) electrons. The average Bonchev–Trinajstić information content (AvgIpc) is 2.96. The third-order valence-corrected chi connectivity index (χ3v) is 6.59. The van der Waals surface area contributed by atoms with Gasteiger partial charge in [-0.15, -0.1) is 0 Å². The highest BCUT2D eigenvalue weighted by Crippen LogP contribution is 2.40. The van der Waals surface area contributed by atoms with Gasteiger partial charge in [-0.1, -0.05) is 30.5 Å². The number of nitrogens with one attached hydrogen (secondary N) is 1. The monoisotopic (exact) mass is 325 g/mol. The van der Waals surface area contributed by atoms with Gasteiger partial charge in [-0.3, -0.25) is 9.59 Å². The van der Waals surface area contributed by atoms with Gasteiger partial charge in [0, 0.05) is 0 Å². The molecule has 2 N–H and O–H groups in total. The van der Waals surface area contributed by atoms with Gasteiger partial charge in [0.2, 0.25) is 5.91 Å². The maximum Gasteiger partial charge on any atom is 0.322 e. The summed E-state index contributed by atoms with van der Waals surface area (Å²) in [6.07, 6.45) is 1.69. The van der Waals surface area contributed by atoms with Crippen LogP contribution in [0.15, 0.2) is 29.2 Å². The average molecular weight is 325 g/mol. The summed E-state index contributed by atoms with van der Waals surface area (Å²) in [6.45, 7) is 1.27. The minimum absolute atomic E-state index is 0.102. The second-order valence-electron chi connectivity index (χ2n) is 5.59. The van der Waals surface area contributed by atoms with Crippen molar-refractivity contribution < 1.29 is 23.1 Å². The van der Waals surface area contributed by atoms with Crippen LogP contribution in [0.25, 0.3) is 0 Å². The van der Waals surface area contributed by atoms with E-state index < -0.39 is 33.0 Å². The molecule has 22 heavy (non-hydrogen) atoms. The number of aryl methyl sites for hydroxylation is 1. The molecule has 2 rings (SSSR count). The van der Waals surface area contributed by atoms with E-state index in [2.05, 4.69) is 5.32 Å². The Balaban J connectivity index is 2.39. The Morgan fingerprint density at radius 3 is 2.23 bits per heavy atom. The first-order valence-corrected chi connectivity index (χ1v) is 8.59. The smallest absolute Gasteiger partial charge is 0.322 e. The Labute approximate surface area is 129 Å². The molecular weight excluding hydrogens is 306 g/mol. The van der Waals surface area contributed by atoms with E-state index in [4.69, 9.17) is 5.11 Å². The lowest BCUT2D eigenvalue weighted by atomic mass is 10.1. The summed E-state index contributed by atoms with van der Waals surface area (Å²) in [5.41, 5.74) is 0.926. The topological polar surface area (TPSA) is 101 Å². The van der Waals surface area contributed by atoms with Crippen molar-refractivity contribution >= 4 is 21.7 Å². The van der Waals surface area contributed by atoms with Crippen LogP contribution in [0.5, 0.6) is 0 Å². The third kappa shape index (κ3) is 2.85. The fraction of sp³-hybridized carbons (Fsp3) is 0.467. The van der Waals surface area contributed by atoms with E-state index in [1.807, 2.05) is 6.92 Å². The van der Waals surface area contributed by atoms with Gasteiger partial charge >= 0.3 is 5.97 Å². The normalized spacial score (nSPS) is 17.1. The maximum atomic E-state index is 12.9. The first-order valence-electron chi connectivity index (χ1n) is 7.11. The molecule has 1 amide bonds. The highest BCUT2D eigenvalue weighted by Gasteiger charge is 2.52. The molecule has 0 aromatic heterocycles. The van der Waals surface area contributed by atoms with Crippen LogP contribution in [0.1, 0.15) is 31.2 Å². The van der Waals surface area contributed by atoms with Crippen LogP contribution < -0.4 is 5.32 Å². The highest BCUT2D eigenvalue weighted by molar-refractivity contribution is 7.93. The number of carboxylic acids is 1. The van der Waals surface area contributed by atoms with Gasteiger partial charge in [0.1, 0.15) is 6.54 Å². The van der Waals surface area contributed by atoms with E-state index in [1.165, 1.54) is 12.1 Å². The summed E-state index contributed by atoms with van der Waals surface area (Å²) in [7, 11) is -3.87. The van der Waals surface area contributed by atoms with Crippen molar-refractivity contribution in [2.24, 2.45) is 0 Å². The van der Waals surface area contributed by atoms with E-state index in [1.54, 1.807) is 12.1 Å². The van der Waals surface area contributed by atoms with Crippen molar-refractivity contribution in [2.45, 2.75) is 42.2 Å². The first-order chi connectivity index (χ1) is 10.3. The molecule has 0 bridgehead atoms. The lowest BCUT2D eigenvalue weighted by Gasteiger charge is -2.27. The van der Waals surface area contributed by atoms with Crippen molar-refractivity contribution in [3.63, 3.8) is 0 Å². The van der Waals surface area contributed by atoms with Gasteiger partial charge in [0.05, 0.1) is 4.90 Å². The quantitative estimate of drug-likeness (QED) is 0.849. The number of carbonyl (C=O) groups excluding carboxylic acids is 1. The largest absolute Gasteiger partial charge is 0.480 e. The van der Waals surface area contributed by atoms with Crippen LogP contribution in [0.4, 0.5) is 0 Å². The number of carboxylic acid groups (broad SMARTS) is 1. The van der Waals surface area contributed by atoms with Gasteiger partial charge < -0.3 is 10.4 Å². The van der Waals surface area contributed by atoms with E-state index in [0.29, 0.717) is 12.8 Å². The zero-order chi connectivity index (χ0) is 16.4. The molecule has 0 heterocycles. The standard InChI is InChI=1S/C15H19NO5S/c1-11-4-6-12(7-5-11)22(20,21)15(8-2-3-9-15)14(19)16-10-13(17)18/h4-7H,2-3,8-10H2,1H3,(H,16,19)(H,17,18). The molecule has 0 atom stereocenters. The summed E-state index contributed by atoms with van der Waals surface area (Å²) >= 11 is 0. The van der Waals surface area contributed by atoms with Gasteiger partial charge in [-0.05, 0) is 31.9 Å². The molecule has 1 saturated carbocycles. The van der Waals surface area contributed by atoms with Crippen LogP contribution in [0.2, 0.25) is 0 Å². The lowest BCUT2D eigenvalue weighted by Crippen LogP contribution is -2.51. The van der Waals surface area contributed by atoms with Crippen LogP contribution >= 0.6 is 0 Å². The number of rotatable bonds is 5. The number of amides is 1. The summed E-state index contributed by atoms with van der Waals surface area (Å²) in [6, 6.07) is 6.36. The minimum Gasteiger partial charge on any atom is -0.480 e. The molecule has 6 nitrogen and oxygen atoms in total. The molecular formula is C15H19NO5S. The van der Waals surface area contributed by atoms with Crippen molar-refractivity contribution in [1.29, 1.82) is 0 Å². The van der Waals surface area contributed by atoms with E-state index >= 15 is 0 Å². The number of benzene rings is 1. The summed E-state index contributed by atoms with van der Waals surface area (Å²) in [4.78, 5) is 23.1. The van der Waals surface area contributed by atoms with Crippen LogP contribution in [0, 0.1) is 6.92 Å². The summed E-state index contributed by atoms with van der Waals surface area (Å²) in [5.74, 6) is -1.91. The molecule has 1 aromatic rings. The predicted molar refractivity (Wildman–Crippen MR) is 80.2 cm³/mol. The molecule has 0 spiro atoms. The minimum atomic E-state index is -3.87. The molecule has 1 fully saturated rings. The fourth-order valence-electron chi connectivity index (χ4n) is 2.82. The lowest BCUT2D eigenvalue weighted by molar-refractivity contribution is -0.138. The summed E-state index contributed by atoms with van der Waals surface area (Å²) < 4.78 is 24.3. The molecule has 120 valence electrons. The van der Waals surface area contributed by atoms with Gasteiger partial charge in [0.25, 0.3) is 0 Å². The van der Waals surface area contributed by atoms with E-state index in [9.17, 15) is 18.0 Å². The number of hydrogen-bond acceptors (Lipinski definition) is 4. The molecule has 0 saturated heterocycles. The van der Waals surface area contributed by atoms with Gasteiger partial charge in [-0.25, -0.2) is 8.42 Å². The zero-order valence-electron chi connectivity index (χ0n) is 12.3. The van der Waals surface area contributed by atoms with Crippen molar-refractivity contribution in [3.05, 3.63) is 29.8 Å². The van der Waals surface area contributed by atoms with Crippen LogP contribution in [-0.4, -0.2) is 36.7 Å². The van der Waals surface area contributed by atoms with Crippen LogP contribution in [0.3, 0.4) is 0 Å². The van der Waals surface area contributed by atoms with Crippen molar-refractivity contribution in [1.82, 2.24) is 5.32 Å². The Hall–Kier alpha value is -1.89.